The molecule has 140 valence electrons. The van der Waals surface area contributed by atoms with E-state index in [9.17, 15) is 4.79 Å². The molecule has 1 amide bonds. The second-order valence-electron chi connectivity index (χ2n) is 6.15. The van der Waals surface area contributed by atoms with Gasteiger partial charge in [0.25, 0.3) is 0 Å². The largest absolute Gasteiger partial charge is 0.357 e. The van der Waals surface area contributed by atoms with Crippen molar-refractivity contribution in [3.8, 4) is 0 Å². The summed E-state index contributed by atoms with van der Waals surface area (Å²) in [4.78, 5) is 25.9. The van der Waals surface area contributed by atoms with Crippen LogP contribution in [0.2, 0.25) is 0 Å². The van der Waals surface area contributed by atoms with Crippen molar-refractivity contribution in [3.05, 3.63) is 16.1 Å². The van der Waals surface area contributed by atoms with Crippen LogP contribution in [0.3, 0.4) is 0 Å². The standard InChI is InChI=1S/C17H30N6OS/c1-4-18-17(19-6-5-16-21-13-14(2)25-16)20-7-8-22-9-11-23(12-10-22)15(3)24/h13H,4-12H2,1-3H3,(H2,18,19,20). The van der Waals surface area contributed by atoms with Crippen LogP contribution in [0.5, 0.6) is 0 Å². The lowest BCUT2D eigenvalue weighted by molar-refractivity contribution is -0.130. The van der Waals surface area contributed by atoms with E-state index in [4.69, 9.17) is 0 Å². The molecule has 0 atom stereocenters. The molecule has 0 spiro atoms. The molecule has 0 saturated carbocycles. The van der Waals surface area contributed by atoms with Crippen LogP contribution in [-0.2, 0) is 11.2 Å². The van der Waals surface area contributed by atoms with Crippen molar-refractivity contribution in [3.63, 3.8) is 0 Å². The lowest BCUT2D eigenvalue weighted by Gasteiger charge is -2.33. The molecular weight excluding hydrogens is 336 g/mol. The third-order valence-corrected chi connectivity index (χ3v) is 5.12. The Balaban J connectivity index is 1.69. The van der Waals surface area contributed by atoms with Gasteiger partial charge in [-0.2, -0.15) is 0 Å². The number of nitrogens with one attached hydrogen (secondary N) is 2. The van der Waals surface area contributed by atoms with E-state index in [1.807, 2.05) is 11.1 Å². The molecule has 1 fully saturated rings. The van der Waals surface area contributed by atoms with Crippen LogP contribution in [-0.4, -0.2) is 79.0 Å². The number of aliphatic imine (C=N–C) groups is 1. The summed E-state index contributed by atoms with van der Waals surface area (Å²) in [5.74, 6) is 1.03. The van der Waals surface area contributed by atoms with Crippen molar-refractivity contribution < 1.29 is 4.79 Å². The normalized spacial score (nSPS) is 16.1. The SMILES string of the molecule is CCNC(=NCCN1CCN(C(C)=O)CC1)NCCc1ncc(C)s1. The minimum absolute atomic E-state index is 0.173. The van der Waals surface area contributed by atoms with Gasteiger partial charge in [0, 0.05) is 70.2 Å². The lowest BCUT2D eigenvalue weighted by Crippen LogP contribution is -2.48. The molecule has 8 heteroatoms. The molecule has 0 bridgehead atoms. The van der Waals surface area contributed by atoms with Gasteiger partial charge in [-0.25, -0.2) is 4.98 Å². The van der Waals surface area contributed by atoms with Crippen LogP contribution in [0.4, 0.5) is 0 Å². The van der Waals surface area contributed by atoms with E-state index in [0.717, 1.165) is 69.7 Å². The summed E-state index contributed by atoms with van der Waals surface area (Å²) in [6.07, 6.45) is 2.83. The predicted octanol–water partition coefficient (Wildman–Crippen LogP) is 0.713. The van der Waals surface area contributed by atoms with Gasteiger partial charge in [-0.15, -0.1) is 11.3 Å². The maximum atomic E-state index is 11.4. The summed E-state index contributed by atoms with van der Waals surface area (Å²) >= 11 is 1.75. The number of amides is 1. The minimum Gasteiger partial charge on any atom is -0.357 e. The molecular formula is C17H30N6OS. The number of aromatic nitrogens is 1. The molecule has 7 nitrogen and oxygen atoms in total. The first-order valence-electron chi connectivity index (χ1n) is 9.00. The number of thiazole rings is 1. The predicted molar refractivity (Wildman–Crippen MR) is 103 cm³/mol. The van der Waals surface area contributed by atoms with E-state index in [1.165, 1.54) is 4.88 Å². The first-order valence-corrected chi connectivity index (χ1v) is 9.81. The van der Waals surface area contributed by atoms with Crippen LogP contribution < -0.4 is 10.6 Å². The van der Waals surface area contributed by atoms with Crippen LogP contribution in [0, 0.1) is 6.92 Å². The van der Waals surface area contributed by atoms with Gasteiger partial charge < -0.3 is 15.5 Å². The molecule has 2 heterocycles. The zero-order valence-corrected chi connectivity index (χ0v) is 16.4. The zero-order chi connectivity index (χ0) is 18.1. The summed E-state index contributed by atoms with van der Waals surface area (Å²) in [7, 11) is 0. The van der Waals surface area contributed by atoms with Gasteiger partial charge in [-0.1, -0.05) is 0 Å². The Morgan fingerprint density at radius 1 is 1.32 bits per heavy atom. The Hall–Kier alpha value is -1.67. The van der Waals surface area contributed by atoms with Crippen molar-refractivity contribution in [1.82, 2.24) is 25.4 Å². The van der Waals surface area contributed by atoms with Gasteiger partial charge >= 0.3 is 0 Å². The van der Waals surface area contributed by atoms with E-state index >= 15 is 0 Å². The van der Waals surface area contributed by atoms with Gasteiger partial charge in [0.15, 0.2) is 5.96 Å². The number of hydrogen-bond donors (Lipinski definition) is 2. The highest BCUT2D eigenvalue weighted by Crippen LogP contribution is 2.10. The summed E-state index contributed by atoms with van der Waals surface area (Å²) < 4.78 is 0. The number of aryl methyl sites for hydroxylation is 1. The van der Waals surface area contributed by atoms with Gasteiger partial charge in [0.05, 0.1) is 11.6 Å². The van der Waals surface area contributed by atoms with Gasteiger partial charge in [0.2, 0.25) is 5.91 Å². The Kier molecular flexibility index (Phi) is 8.14. The van der Waals surface area contributed by atoms with Crippen LogP contribution >= 0.6 is 11.3 Å². The van der Waals surface area contributed by atoms with E-state index in [-0.39, 0.29) is 5.91 Å². The molecule has 1 aliphatic heterocycles. The number of guanidine groups is 1. The summed E-state index contributed by atoms with van der Waals surface area (Å²) in [5.41, 5.74) is 0. The Bertz CT molecular complexity index is 565. The van der Waals surface area contributed by atoms with Gasteiger partial charge in [0.1, 0.15) is 0 Å². The Morgan fingerprint density at radius 2 is 2.08 bits per heavy atom. The van der Waals surface area contributed by atoms with Crippen LogP contribution in [0.1, 0.15) is 23.7 Å². The molecule has 1 saturated heterocycles. The second-order valence-corrected chi connectivity index (χ2v) is 7.47. The Morgan fingerprint density at radius 3 is 2.68 bits per heavy atom. The molecule has 0 unspecified atom stereocenters. The van der Waals surface area contributed by atoms with Crippen molar-refractivity contribution in [2.45, 2.75) is 27.2 Å². The first kappa shape index (κ1) is 19.7. The van der Waals surface area contributed by atoms with Gasteiger partial charge in [-0.3, -0.25) is 14.7 Å². The highest BCUT2D eigenvalue weighted by Gasteiger charge is 2.17. The van der Waals surface area contributed by atoms with Crippen LogP contribution in [0.25, 0.3) is 0 Å². The summed E-state index contributed by atoms with van der Waals surface area (Å²) in [6, 6.07) is 0. The van der Waals surface area contributed by atoms with Crippen LogP contribution in [0.15, 0.2) is 11.2 Å². The topological polar surface area (TPSA) is 72.9 Å². The number of carbonyl (C=O) groups is 1. The summed E-state index contributed by atoms with van der Waals surface area (Å²) in [6.45, 7) is 12.7. The number of piperazine rings is 1. The zero-order valence-electron chi connectivity index (χ0n) is 15.5. The Labute approximate surface area is 154 Å². The second kappa shape index (κ2) is 10.4. The summed E-state index contributed by atoms with van der Waals surface area (Å²) in [5, 5.41) is 7.81. The van der Waals surface area contributed by atoms with E-state index in [0.29, 0.717) is 0 Å². The van der Waals surface area contributed by atoms with Crippen molar-refractivity contribution in [2.75, 3.05) is 52.4 Å². The van der Waals surface area contributed by atoms with E-state index < -0.39 is 0 Å². The van der Waals surface area contributed by atoms with Gasteiger partial charge in [-0.05, 0) is 13.8 Å². The number of nitrogens with zero attached hydrogens (tertiary/aromatic N) is 4. The molecule has 0 aromatic carbocycles. The third kappa shape index (κ3) is 6.99. The van der Waals surface area contributed by atoms with Crippen molar-refractivity contribution in [1.29, 1.82) is 0 Å². The molecule has 2 N–H and O–H groups in total. The fourth-order valence-corrected chi connectivity index (χ4v) is 3.52. The molecule has 0 aliphatic carbocycles. The quantitative estimate of drug-likeness (QED) is 0.549. The lowest BCUT2D eigenvalue weighted by atomic mass is 10.3. The fourth-order valence-electron chi connectivity index (χ4n) is 2.74. The molecule has 2 rings (SSSR count). The van der Waals surface area contributed by atoms with E-state index in [2.05, 4.69) is 39.4 Å². The first-order chi connectivity index (χ1) is 12.1. The molecule has 1 aromatic heterocycles. The average Bonchev–Trinajstić information content (AvgIpc) is 3.00. The molecule has 25 heavy (non-hydrogen) atoms. The number of carbonyl (C=O) groups excluding carboxylic acids is 1. The fraction of sp³-hybridized carbons (Fsp3) is 0.706. The number of rotatable bonds is 7. The van der Waals surface area contributed by atoms with Crippen molar-refractivity contribution >= 4 is 23.2 Å². The number of hydrogen-bond acceptors (Lipinski definition) is 5. The van der Waals surface area contributed by atoms with Crippen molar-refractivity contribution in [2.24, 2.45) is 4.99 Å². The average molecular weight is 367 g/mol. The highest BCUT2D eigenvalue weighted by atomic mass is 32.1. The monoisotopic (exact) mass is 366 g/mol. The molecule has 1 aliphatic rings. The highest BCUT2D eigenvalue weighted by molar-refractivity contribution is 7.11. The maximum absolute atomic E-state index is 11.4. The third-order valence-electron chi connectivity index (χ3n) is 4.15. The maximum Gasteiger partial charge on any atom is 0.219 e. The molecule has 0 radical (unpaired) electrons. The van der Waals surface area contributed by atoms with E-state index in [1.54, 1.807) is 18.3 Å². The minimum atomic E-state index is 0.173. The smallest absolute Gasteiger partial charge is 0.219 e. The molecule has 1 aromatic rings.